The van der Waals surface area contributed by atoms with E-state index in [1.54, 1.807) is 4.90 Å². The zero-order valence-electron chi connectivity index (χ0n) is 10.1. The minimum atomic E-state index is -0.871. The highest BCUT2D eigenvalue weighted by Crippen LogP contribution is 2.23. The molecule has 0 aromatic heterocycles. The summed E-state index contributed by atoms with van der Waals surface area (Å²) in [4.78, 5) is 23.9. The van der Waals surface area contributed by atoms with Crippen molar-refractivity contribution in [3.8, 4) is 0 Å². The number of nitro benzene ring substituents is 1. The molecule has 1 saturated heterocycles. The summed E-state index contributed by atoms with van der Waals surface area (Å²) in [6.45, 7) is 0.813. The highest BCUT2D eigenvalue weighted by molar-refractivity contribution is 7.85. The van der Waals surface area contributed by atoms with Gasteiger partial charge in [-0.15, -0.1) is 0 Å². The fourth-order valence-electron chi connectivity index (χ4n) is 1.86. The van der Waals surface area contributed by atoms with E-state index < -0.39 is 15.7 Å². The molecule has 0 unspecified atom stereocenters. The molecule has 0 aliphatic carbocycles. The van der Waals surface area contributed by atoms with Crippen molar-refractivity contribution in [1.82, 2.24) is 4.90 Å². The maximum absolute atomic E-state index is 12.2. The van der Waals surface area contributed by atoms with E-state index in [1.165, 1.54) is 18.2 Å². The number of carbonyl (C=O) groups excluding carboxylic acids is 1. The molecule has 1 amide bonds. The predicted octanol–water partition coefficient (Wildman–Crippen LogP) is 0.382. The molecule has 1 aromatic carbocycles. The zero-order valence-corrected chi connectivity index (χ0v) is 10.9. The first-order valence-corrected chi connectivity index (χ1v) is 7.16. The van der Waals surface area contributed by atoms with Crippen LogP contribution in [0, 0.1) is 10.1 Å². The fourth-order valence-corrected chi connectivity index (χ4v) is 2.91. The molecule has 1 heterocycles. The Labute approximate surface area is 112 Å². The minimum Gasteiger partial charge on any atom is -0.393 e. The van der Waals surface area contributed by atoms with Gasteiger partial charge in [-0.25, -0.2) is 0 Å². The molecule has 2 rings (SSSR count). The normalized spacial score (nSPS) is 16.3. The van der Waals surface area contributed by atoms with Gasteiger partial charge in [0.2, 0.25) is 0 Å². The number of nitro groups is 1. The first-order valence-electron chi connectivity index (χ1n) is 5.67. The smallest absolute Gasteiger partial charge is 0.292 e. The molecule has 7 nitrogen and oxygen atoms in total. The van der Waals surface area contributed by atoms with Crippen LogP contribution in [-0.4, -0.2) is 44.5 Å². The molecule has 1 aliphatic heterocycles. The average Bonchev–Trinajstić information content (AvgIpc) is 2.39. The van der Waals surface area contributed by atoms with E-state index in [1.807, 2.05) is 0 Å². The van der Waals surface area contributed by atoms with Gasteiger partial charge in [-0.1, -0.05) is 0 Å². The van der Waals surface area contributed by atoms with E-state index in [2.05, 4.69) is 0 Å². The third-order valence-electron chi connectivity index (χ3n) is 2.94. The van der Waals surface area contributed by atoms with Crippen molar-refractivity contribution in [3.63, 3.8) is 0 Å². The maximum atomic E-state index is 12.2. The lowest BCUT2D eigenvalue weighted by Gasteiger charge is -2.26. The van der Waals surface area contributed by atoms with Gasteiger partial charge in [-0.3, -0.25) is 19.1 Å². The molecule has 19 heavy (non-hydrogen) atoms. The Morgan fingerprint density at radius 3 is 2.58 bits per heavy atom. The molecule has 102 valence electrons. The largest absolute Gasteiger partial charge is 0.393 e. The van der Waals surface area contributed by atoms with E-state index in [0.717, 1.165) is 0 Å². The standard InChI is InChI=1S/C11H13N3O4S/c12-9-2-1-8(7-10(9)14(16)17)11(15)13-3-5-19(18)6-4-13/h1-2,7H,3-6,12H2. The Bertz CT molecular complexity index is 551. The van der Waals surface area contributed by atoms with E-state index >= 15 is 0 Å². The summed E-state index contributed by atoms with van der Waals surface area (Å²) in [5.74, 6) is 0.603. The Morgan fingerprint density at radius 1 is 1.37 bits per heavy atom. The maximum Gasteiger partial charge on any atom is 0.292 e. The van der Waals surface area contributed by atoms with Crippen LogP contribution in [0.3, 0.4) is 0 Å². The summed E-state index contributed by atoms with van der Waals surface area (Å²) in [5, 5.41) is 10.8. The summed E-state index contributed by atoms with van der Waals surface area (Å²) >= 11 is 0. The number of carbonyl (C=O) groups is 1. The molecular weight excluding hydrogens is 270 g/mol. The summed E-state index contributed by atoms with van der Waals surface area (Å²) in [6.07, 6.45) is 0. The third kappa shape index (κ3) is 2.90. The Balaban J connectivity index is 2.22. The second kappa shape index (κ2) is 5.35. The lowest BCUT2D eigenvalue weighted by molar-refractivity contribution is -0.383. The van der Waals surface area contributed by atoms with Gasteiger partial charge in [0.05, 0.1) is 4.92 Å². The molecule has 1 aromatic rings. The van der Waals surface area contributed by atoms with Crippen LogP contribution in [0.1, 0.15) is 10.4 Å². The molecule has 0 saturated carbocycles. The van der Waals surface area contributed by atoms with Crippen LogP contribution in [-0.2, 0) is 10.8 Å². The number of anilines is 1. The van der Waals surface area contributed by atoms with Crippen LogP contribution in [0.2, 0.25) is 0 Å². The van der Waals surface area contributed by atoms with Crippen LogP contribution < -0.4 is 5.73 Å². The number of hydrogen-bond donors (Lipinski definition) is 1. The van der Waals surface area contributed by atoms with Crippen LogP contribution in [0.5, 0.6) is 0 Å². The van der Waals surface area contributed by atoms with Gasteiger partial charge < -0.3 is 10.6 Å². The molecule has 1 aliphatic rings. The molecule has 0 atom stereocenters. The van der Waals surface area contributed by atoms with E-state index in [0.29, 0.717) is 24.6 Å². The quantitative estimate of drug-likeness (QED) is 0.480. The van der Waals surface area contributed by atoms with Crippen LogP contribution >= 0.6 is 0 Å². The lowest BCUT2D eigenvalue weighted by Crippen LogP contribution is -2.41. The Morgan fingerprint density at radius 2 is 2.00 bits per heavy atom. The highest BCUT2D eigenvalue weighted by Gasteiger charge is 2.23. The number of amides is 1. The van der Waals surface area contributed by atoms with Crippen molar-refractivity contribution in [3.05, 3.63) is 33.9 Å². The Kier molecular flexibility index (Phi) is 3.79. The number of benzene rings is 1. The van der Waals surface area contributed by atoms with Gasteiger partial charge in [-0.2, -0.15) is 0 Å². The van der Waals surface area contributed by atoms with E-state index in [4.69, 9.17) is 5.73 Å². The van der Waals surface area contributed by atoms with Gasteiger partial charge in [0.1, 0.15) is 5.69 Å². The Hall–Kier alpha value is -1.96. The zero-order chi connectivity index (χ0) is 14.0. The van der Waals surface area contributed by atoms with Crippen molar-refractivity contribution in [2.45, 2.75) is 0 Å². The number of rotatable bonds is 2. The number of nitrogens with zero attached hydrogens (tertiary/aromatic N) is 2. The number of nitrogen functional groups attached to an aromatic ring is 1. The summed E-state index contributed by atoms with van der Waals surface area (Å²) < 4.78 is 11.2. The van der Waals surface area contributed by atoms with Crippen molar-refractivity contribution < 1.29 is 13.9 Å². The highest BCUT2D eigenvalue weighted by atomic mass is 32.2. The molecular formula is C11H13N3O4S. The lowest BCUT2D eigenvalue weighted by atomic mass is 10.1. The predicted molar refractivity (Wildman–Crippen MR) is 71.3 cm³/mol. The average molecular weight is 283 g/mol. The van der Waals surface area contributed by atoms with E-state index in [9.17, 15) is 19.1 Å². The van der Waals surface area contributed by atoms with Crippen molar-refractivity contribution in [2.24, 2.45) is 0 Å². The van der Waals surface area contributed by atoms with Crippen molar-refractivity contribution >= 4 is 28.1 Å². The second-order valence-corrected chi connectivity index (χ2v) is 5.87. The monoisotopic (exact) mass is 283 g/mol. The molecule has 0 spiro atoms. The SMILES string of the molecule is Nc1ccc(C(=O)N2CCS(=O)CC2)cc1[N+](=O)[O-]. The molecule has 1 fully saturated rings. The van der Waals surface area contributed by atoms with Crippen LogP contribution in [0.25, 0.3) is 0 Å². The van der Waals surface area contributed by atoms with E-state index in [-0.39, 0.29) is 22.8 Å². The molecule has 0 radical (unpaired) electrons. The van der Waals surface area contributed by atoms with Crippen molar-refractivity contribution in [2.75, 3.05) is 30.3 Å². The van der Waals surface area contributed by atoms with Crippen LogP contribution in [0.4, 0.5) is 11.4 Å². The molecule has 2 N–H and O–H groups in total. The van der Waals surface area contributed by atoms with Gasteiger partial charge >= 0.3 is 0 Å². The summed E-state index contributed by atoms with van der Waals surface area (Å²) in [6, 6.07) is 4.01. The minimum absolute atomic E-state index is 0.0290. The molecule has 8 heteroatoms. The van der Waals surface area contributed by atoms with Gasteiger partial charge in [0.25, 0.3) is 11.6 Å². The topological polar surface area (TPSA) is 107 Å². The van der Waals surface area contributed by atoms with Crippen LogP contribution in [0.15, 0.2) is 18.2 Å². The first-order chi connectivity index (χ1) is 8.99. The van der Waals surface area contributed by atoms with Gasteiger partial charge in [0, 0.05) is 47.0 Å². The summed E-state index contributed by atoms with van der Waals surface area (Å²) in [7, 11) is -0.871. The van der Waals surface area contributed by atoms with Crippen molar-refractivity contribution in [1.29, 1.82) is 0 Å². The fraction of sp³-hybridized carbons (Fsp3) is 0.364. The number of hydrogen-bond acceptors (Lipinski definition) is 5. The molecule has 0 bridgehead atoms. The third-order valence-corrected chi connectivity index (χ3v) is 4.21. The summed E-state index contributed by atoms with van der Waals surface area (Å²) in [5.41, 5.74) is 5.47. The second-order valence-electron chi connectivity index (χ2n) is 4.17. The first kappa shape index (κ1) is 13.5. The van der Waals surface area contributed by atoms with Gasteiger partial charge in [-0.05, 0) is 12.1 Å². The number of nitrogens with two attached hydrogens (primary N) is 1. The van der Waals surface area contributed by atoms with Gasteiger partial charge in [0.15, 0.2) is 0 Å².